The van der Waals surface area contributed by atoms with E-state index < -0.39 is 10.0 Å². The molecule has 0 radical (unpaired) electrons. The van der Waals surface area contributed by atoms with E-state index in [1.165, 1.54) is 27.8 Å². The Kier molecular flexibility index (Phi) is 5.18. The number of hydrogen-bond acceptors (Lipinski definition) is 7. The minimum absolute atomic E-state index is 0.130. The molecule has 164 valence electrons. The number of ether oxygens (including phenoxy) is 1. The molecule has 2 aromatic heterocycles. The van der Waals surface area contributed by atoms with Crippen LogP contribution in [0.25, 0.3) is 10.9 Å². The molecule has 1 aromatic carbocycles. The lowest BCUT2D eigenvalue weighted by molar-refractivity contribution is 0.0695. The number of hydrogen-bond donors (Lipinski definition) is 1. The van der Waals surface area contributed by atoms with E-state index in [0.29, 0.717) is 45.3 Å². The first-order valence-electron chi connectivity index (χ1n) is 9.70. The normalized spacial score (nSPS) is 17.8. The van der Waals surface area contributed by atoms with E-state index >= 15 is 0 Å². The lowest BCUT2D eigenvalue weighted by Gasteiger charge is -2.33. The van der Waals surface area contributed by atoms with Gasteiger partial charge < -0.3 is 14.8 Å². The molecule has 1 saturated heterocycles. The molecule has 0 atom stereocenters. The van der Waals surface area contributed by atoms with Crippen LogP contribution in [0.3, 0.4) is 0 Å². The highest BCUT2D eigenvalue weighted by molar-refractivity contribution is 7.89. The van der Waals surface area contributed by atoms with Crippen molar-refractivity contribution in [2.24, 2.45) is 0 Å². The molecule has 0 bridgehead atoms. The smallest absolute Gasteiger partial charge is 0.282 e. The molecule has 31 heavy (non-hydrogen) atoms. The fraction of sp³-hybridized carbons (Fsp3) is 0.368. The van der Waals surface area contributed by atoms with Crippen LogP contribution in [0.2, 0.25) is 5.02 Å². The molecule has 0 spiro atoms. The molecule has 9 nitrogen and oxygen atoms in total. The van der Waals surface area contributed by atoms with Crippen LogP contribution >= 0.6 is 22.9 Å². The van der Waals surface area contributed by atoms with Gasteiger partial charge >= 0.3 is 0 Å². The van der Waals surface area contributed by atoms with Gasteiger partial charge in [0.15, 0.2) is 10.0 Å². The molecule has 2 aliphatic heterocycles. The van der Waals surface area contributed by atoms with Gasteiger partial charge in [0.25, 0.3) is 15.9 Å². The number of sulfonamides is 1. The lowest BCUT2D eigenvalue weighted by Crippen LogP contribution is -2.50. The first-order valence-corrected chi connectivity index (χ1v) is 12.3. The van der Waals surface area contributed by atoms with Crippen LogP contribution in [-0.2, 0) is 27.8 Å². The topological polar surface area (TPSA) is 105 Å². The third-order valence-corrected chi connectivity index (χ3v) is 8.67. The zero-order chi connectivity index (χ0) is 21.8. The van der Waals surface area contributed by atoms with Crippen LogP contribution in [-0.4, -0.2) is 71.2 Å². The van der Waals surface area contributed by atoms with Gasteiger partial charge in [0.1, 0.15) is 0 Å². The zero-order valence-corrected chi connectivity index (χ0v) is 18.7. The van der Waals surface area contributed by atoms with Crippen molar-refractivity contribution in [1.29, 1.82) is 0 Å². The average Bonchev–Trinajstić information content (AvgIpc) is 3.35. The van der Waals surface area contributed by atoms with Crippen LogP contribution in [0, 0.1) is 0 Å². The molecule has 1 fully saturated rings. The summed E-state index contributed by atoms with van der Waals surface area (Å²) in [6.45, 7) is 1.84. The van der Waals surface area contributed by atoms with Crippen molar-refractivity contribution >= 4 is 49.8 Å². The van der Waals surface area contributed by atoms with Gasteiger partial charge in [0.05, 0.1) is 29.3 Å². The number of benzene rings is 1. The number of thiazole rings is 1. The monoisotopic (exact) mass is 482 g/mol. The van der Waals surface area contributed by atoms with E-state index in [-0.39, 0.29) is 37.1 Å². The zero-order valence-electron chi connectivity index (χ0n) is 16.3. The number of carbonyl (C=O) groups excluding carboxylic acids is 1. The van der Waals surface area contributed by atoms with Gasteiger partial charge in [-0.15, -0.1) is 11.3 Å². The summed E-state index contributed by atoms with van der Waals surface area (Å²) in [6.07, 6.45) is 0.700. The number of piperazine rings is 1. The van der Waals surface area contributed by atoms with Crippen LogP contribution < -0.4 is 0 Å². The molecule has 0 unspecified atom stereocenters. The second-order valence-corrected chi connectivity index (χ2v) is 10.8. The number of amides is 1. The average molecular weight is 483 g/mol. The molecule has 0 aliphatic carbocycles. The van der Waals surface area contributed by atoms with E-state index in [1.807, 2.05) is 0 Å². The van der Waals surface area contributed by atoms with Gasteiger partial charge in [-0.25, -0.2) is 13.4 Å². The number of halogens is 1. The first kappa shape index (κ1) is 20.7. The van der Waals surface area contributed by atoms with Gasteiger partial charge in [0, 0.05) is 43.0 Å². The fourth-order valence-electron chi connectivity index (χ4n) is 3.83. The van der Waals surface area contributed by atoms with Crippen molar-refractivity contribution in [2.75, 3.05) is 32.8 Å². The second-order valence-electron chi connectivity index (χ2n) is 7.39. The summed E-state index contributed by atoms with van der Waals surface area (Å²) in [7, 11) is -3.95. The van der Waals surface area contributed by atoms with Crippen molar-refractivity contribution in [3.63, 3.8) is 0 Å². The van der Waals surface area contributed by atoms with Crippen LogP contribution in [0.15, 0.2) is 29.3 Å². The lowest BCUT2D eigenvalue weighted by atomic mass is 10.2. The molecule has 0 saturated carbocycles. The van der Waals surface area contributed by atoms with Gasteiger partial charge in [-0.05, 0) is 18.2 Å². The van der Waals surface area contributed by atoms with Crippen molar-refractivity contribution < 1.29 is 23.2 Å². The van der Waals surface area contributed by atoms with Gasteiger partial charge in [-0.1, -0.05) is 17.7 Å². The largest absolute Gasteiger partial charge is 0.427 e. The van der Waals surface area contributed by atoms with E-state index in [2.05, 4.69) is 4.98 Å². The number of rotatable bonds is 3. The Hall–Kier alpha value is -2.18. The molecule has 4 heterocycles. The summed E-state index contributed by atoms with van der Waals surface area (Å²) in [5, 5.41) is 11.6. The van der Waals surface area contributed by atoms with Crippen LogP contribution in [0.4, 0.5) is 0 Å². The molecule has 2 aliphatic rings. The third kappa shape index (κ3) is 3.60. The second kappa shape index (κ2) is 7.75. The van der Waals surface area contributed by atoms with Gasteiger partial charge in [-0.3, -0.25) is 4.79 Å². The Labute approximate surface area is 187 Å². The Morgan fingerprint density at radius 3 is 2.71 bits per heavy atom. The predicted molar refractivity (Wildman–Crippen MR) is 114 cm³/mol. The highest BCUT2D eigenvalue weighted by Crippen LogP contribution is 2.28. The summed E-state index contributed by atoms with van der Waals surface area (Å²) in [4.78, 5) is 19.9. The van der Waals surface area contributed by atoms with E-state index in [1.54, 1.807) is 17.0 Å². The van der Waals surface area contributed by atoms with Crippen molar-refractivity contribution in [1.82, 2.24) is 18.9 Å². The number of aromatic nitrogens is 2. The standard InChI is InChI=1S/C19H19ClN4O5S2/c20-13-2-1-12-9-17(24(26)15(12)10-13)31(27,28)23-6-4-22(5-7-23)19(25)18-21-14-3-8-29-11-16(14)30-18/h1-2,9-10,26H,3-8,11H2. The maximum atomic E-state index is 13.1. The van der Waals surface area contributed by atoms with E-state index in [4.69, 9.17) is 16.3 Å². The Morgan fingerprint density at radius 2 is 1.97 bits per heavy atom. The highest BCUT2D eigenvalue weighted by atomic mass is 35.5. The molecule has 1 amide bonds. The maximum Gasteiger partial charge on any atom is 0.282 e. The molecule has 3 aromatic rings. The van der Waals surface area contributed by atoms with E-state index in [9.17, 15) is 18.4 Å². The SMILES string of the molecule is O=C(c1nc2c(s1)COCC2)N1CCN(S(=O)(=O)c2cc3ccc(Cl)cc3n2O)CC1. The quantitative estimate of drug-likeness (QED) is 0.574. The summed E-state index contributed by atoms with van der Waals surface area (Å²) in [6, 6.07) is 6.21. The summed E-state index contributed by atoms with van der Waals surface area (Å²) >= 11 is 7.30. The maximum absolute atomic E-state index is 13.1. The highest BCUT2D eigenvalue weighted by Gasteiger charge is 2.34. The first-order chi connectivity index (χ1) is 14.8. The van der Waals surface area contributed by atoms with Crippen LogP contribution in [0.1, 0.15) is 20.4 Å². The molecule has 12 heteroatoms. The number of fused-ring (bicyclic) bond motifs is 2. The predicted octanol–water partition coefficient (Wildman–Crippen LogP) is 2.21. The van der Waals surface area contributed by atoms with Crippen molar-refractivity contribution in [3.05, 3.63) is 44.9 Å². The Bertz CT molecular complexity index is 1250. The minimum Gasteiger partial charge on any atom is -0.427 e. The third-order valence-electron chi connectivity index (χ3n) is 5.52. The summed E-state index contributed by atoms with van der Waals surface area (Å²) < 4.78 is 33.6. The molecular weight excluding hydrogens is 464 g/mol. The van der Waals surface area contributed by atoms with Gasteiger partial charge in [-0.2, -0.15) is 9.04 Å². The van der Waals surface area contributed by atoms with Crippen molar-refractivity contribution in [2.45, 2.75) is 18.1 Å². The Morgan fingerprint density at radius 1 is 1.19 bits per heavy atom. The summed E-state index contributed by atoms with van der Waals surface area (Å²) in [5.41, 5.74) is 1.23. The van der Waals surface area contributed by atoms with Gasteiger partial charge in [0.2, 0.25) is 0 Å². The molecular formula is C19H19ClN4O5S2. The molecule has 1 N–H and O–H groups in total. The number of carbonyl (C=O) groups is 1. The minimum atomic E-state index is -3.95. The number of nitrogens with zero attached hydrogens (tertiary/aromatic N) is 4. The van der Waals surface area contributed by atoms with Crippen molar-refractivity contribution in [3.8, 4) is 0 Å². The Balaban J connectivity index is 1.32. The summed E-state index contributed by atoms with van der Waals surface area (Å²) in [5.74, 6) is -0.192. The molecule has 5 rings (SSSR count). The fourth-order valence-corrected chi connectivity index (χ4v) is 6.52. The van der Waals surface area contributed by atoms with E-state index in [0.717, 1.165) is 10.6 Å². The van der Waals surface area contributed by atoms with Crippen LogP contribution in [0.5, 0.6) is 0 Å².